The molecule has 5 heteroatoms. The quantitative estimate of drug-likeness (QED) is 0.939. The van der Waals surface area contributed by atoms with Crippen LogP contribution in [0.3, 0.4) is 0 Å². The van der Waals surface area contributed by atoms with Crippen molar-refractivity contribution >= 4 is 15.9 Å². The molecule has 0 atom stereocenters. The molecule has 2 aromatic rings. The molecule has 0 fully saturated rings. The van der Waals surface area contributed by atoms with E-state index in [9.17, 15) is 4.39 Å². The lowest BCUT2D eigenvalue weighted by Gasteiger charge is -2.06. The molecule has 0 saturated carbocycles. The second kappa shape index (κ2) is 5.63. The zero-order valence-electron chi connectivity index (χ0n) is 10.3. The molecule has 1 heterocycles. The van der Waals surface area contributed by atoms with Crippen molar-refractivity contribution in [2.24, 2.45) is 0 Å². The number of nitrogens with zero attached hydrogens (tertiary/aromatic N) is 2. The van der Waals surface area contributed by atoms with Gasteiger partial charge in [-0.05, 0) is 40.2 Å². The Morgan fingerprint density at radius 1 is 1.39 bits per heavy atom. The van der Waals surface area contributed by atoms with E-state index in [2.05, 4.69) is 40.2 Å². The van der Waals surface area contributed by atoms with Crippen LogP contribution in [0.4, 0.5) is 4.39 Å². The Labute approximate surface area is 114 Å². The maximum Gasteiger partial charge on any atom is 0.124 e. The maximum atomic E-state index is 13.0. The minimum absolute atomic E-state index is 0.264. The summed E-state index contributed by atoms with van der Waals surface area (Å²) in [5.41, 5.74) is 1.78. The molecule has 1 aromatic heterocycles. The highest BCUT2D eigenvalue weighted by Gasteiger charge is 2.06. The van der Waals surface area contributed by atoms with E-state index in [1.54, 1.807) is 10.7 Å². The molecule has 0 radical (unpaired) electrons. The molecule has 0 bridgehead atoms. The third-order valence-electron chi connectivity index (χ3n) is 2.49. The fraction of sp³-hybridized carbons (Fsp3) is 0.308. The normalized spacial score (nSPS) is 11.2. The van der Waals surface area contributed by atoms with Gasteiger partial charge in [0.1, 0.15) is 5.82 Å². The third-order valence-corrected chi connectivity index (χ3v) is 3.13. The first-order chi connectivity index (χ1) is 8.56. The molecule has 0 aliphatic rings. The number of nitrogens with one attached hydrogen (secondary N) is 1. The van der Waals surface area contributed by atoms with E-state index in [1.807, 2.05) is 12.3 Å². The molecule has 0 aliphatic heterocycles. The summed E-state index contributed by atoms with van der Waals surface area (Å²) >= 11 is 3.34. The molecule has 0 spiro atoms. The van der Waals surface area contributed by atoms with Gasteiger partial charge in [0.25, 0.3) is 0 Å². The molecule has 0 unspecified atom stereocenters. The first-order valence-corrected chi connectivity index (χ1v) is 6.59. The summed E-state index contributed by atoms with van der Waals surface area (Å²) in [6, 6.07) is 6.93. The van der Waals surface area contributed by atoms with E-state index >= 15 is 0 Å². The number of rotatable bonds is 4. The van der Waals surface area contributed by atoms with Gasteiger partial charge in [0.15, 0.2) is 0 Å². The Balaban J connectivity index is 2.18. The highest BCUT2D eigenvalue weighted by molar-refractivity contribution is 9.10. The van der Waals surface area contributed by atoms with Gasteiger partial charge in [-0.2, -0.15) is 5.10 Å². The van der Waals surface area contributed by atoms with E-state index in [0.717, 1.165) is 17.9 Å². The van der Waals surface area contributed by atoms with Crippen molar-refractivity contribution in [3.63, 3.8) is 0 Å². The lowest BCUT2D eigenvalue weighted by Crippen LogP contribution is -2.22. The zero-order valence-corrected chi connectivity index (χ0v) is 11.9. The van der Waals surface area contributed by atoms with Crippen LogP contribution >= 0.6 is 15.9 Å². The zero-order chi connectivity index (χ0) is 13.1. The van der Waals surface area contributed by atoms with Gasteiger partial charge in [-0.15, -0.1) is 0 Å². The van der Waals surface area contributed by atoms with Crippen LogP contribution in [0.1, 0.15) is 19.5 Å². The van der Waals surface area contributed by atoms with E-state index in [1.165, 1.54) is 12.1 Å². The second-order valence-electron chi connectivity index (χ2n) is 4.38. The molecular formula is C13H15BrFN3. The second-order valence-corrected chi connectivity index (χ2v) is 5.24. The van der Waals surface area contributed by atoms with Crippen molar-refractivity contribution < 1.29 is 4.39 Å². The van der Waals surface area contributed by atoms with Gasteiger partial charge in [0.2, 0.25) is 0 Å². The molecule has 3 nitrogen and oxygen atoms in total. The first kappa shape index (κ1) is 13.2. The van der Waals surface area contributed by atoms with Crippen LogP contribution in [0.2, 0.25) is 0 Å². The lowest BCUT2D eigenvalue weighted by atomic mass is 10.3. The van der Waals surface area contributed by atoms with Crippen molar-refractivity contribution in [1.29, 1.82) is 0 Å². The van der Waals surface area contributed by atoms with Gasteiger partial charge in [-0.1, -0.05) is 13.8 Å². The SMILES string of the molecule is CC(C)NCc1ccn(-c2ccc(F)cc2Br)n1. The number of hydrogen-bond donors (Lipinski definition) is 1. The molecule has 0 amide bonds. The minimum atomic E-state index is -0.264. The van der Waals surface area contributed by atoms with E-state index in [0.29, 0.717) is 10.5 Å². The summed E-state index contributed by atoms with van der Waals surface area (Å²) in [7, 11) is 0. The van der Waals surface area contributed by atoms with Crippen LogP contribution in [-0.2, 0) is 6.54 Å². The molecule has 0 aliphatic carbocycles. The number of halogens is 2. The van der Waals surface area contributed by atoms with Crippen LogP contribution in [0, 0.1) is 5.82 Å². The predicted octanol–water partition coefficient (Wildman–Crippen LogP) is 3.27. The maximum absolute atomic E-state index is 13.0. The third kappa shape index (κ3) is 3.17. The summed E-state index contributed by atoms with van der Waals surface area (Å²) in [6.45, 7) is 4.91. The van der Waals surface area contributed by atoms with Crippen LogP contribution in [0.15, 0.2) is 34.9 Å². The number of aromatic nitrogens is 2. The Kier molecular flexibility index (Phi) is 4.14. The topological polar surface area (TPSA) is 29.9 Å². The fourth-order valence-corrected chi connectivity index (χ4v) is 2.10. The fourth-order valence-electron chi connectivity index (χ4n) is 1.57. The Bertz CT molecular complexity index is 537. The number of hydrogen-bond acceptors (Lipinski definition) is 2. The van der Waals surface area contributed by atoms with Crippen molar-refractivity contribution in [3.8, 4) is 5.69 Å². The van der Waals surface area contributed by atoms with Crippen LogP contribution in [0.5, 0.6) is 0 Å². The summed E-state index contributed by atoms with van der Waals surface area (Å²) < 4.78 is 15.4. The largest absolute Gasteiger partial charge is 0.309 e. The summed E-state index contributed by atoms with van der Waals surface area (Å²) in [4.78, 5) is 0. The van der Waals surface area contributed by atoms with Crippen molar-refractivity contribution in [1.82, 2.24) is 15.1 Å². The summed E-state index contributed by atoms with van der Waals surface area (Å²) in [6.07, 6.45) is 1.87. The van der Waals surface area contributed by atoms with Crippen molar-refractivity contribution in [3.05, 3.63) is 46.4 Å². The van der Waals surface area contributed by atoms with Crippen molar-refractivity contribution in [2.45, 2.75) is 26.4 Å². The van der Waals surface area contributed by atoms with Crippen LogP contribution < -0.4 is 5.32 Å². The summed E-state index contributed by atoms with van der Waals surface area (Å²) in [5, 5.41) is 7.75. The molecule has 1 N–H and O–H groups in total. The molecule has 0 saturated heterocycles. The van der Waals surface area contributed by atoms with Gasteiger partial charge in [0, 0.05) is 23.3 Å². The predicted molar refractivity (Wildman–Crippen MR) is 73.2 cm³/mol. The van der Waals surface area contributed by atoms with Crippen molar-refractivity contribution in [2.75, 3.05) is 0 Å². The highest BCUT2D eigenvalue weighted by Crippen LogP contribution is 2.21. The average Bonchev–Trinajstić information content (AvgIpc) is 2.75. The lowest BCUT2D eigenvalue weighted by molar-refractivity contribution is 0.578. The van der Waals surface area contributed by atoms with Gasteiger partial charge >= 0.3 is 0 Å². The molecule has 18 heavy (non-hydrogen) atoms. The number of benzene rings is 1. The van der Waals surface area contributed by atoms with E-state index < -0.39 is 0 Å². The highest BCUT2D eigenvalue weighted by atomic mass is 79.9. The minimum Gasteiger partial charge on any atom is -0.309 e. The van der Waals surface area contributed by atoms with E-state index in [4.69, 9.17) is 0 Å². The van der Waals surface area contributed by atoms with Gasteiger partial charge < -0.3 is 5.32 Å². The smallest absolute Gasteiger partial charge is 0.124 e. The molecule has 1 aromatic carbocycles. The monoisotopic (exact) mass is 311 g/mol. The van der Waals surface area contributed by atoms with Gasteiger partial charge in [0.05, 0.1) is 11.4 Å². The Hall–Kier alpha value is -1.20. The van der Waals surface area contributed by atoms with Crippen LogP contribution in [-0.4, -0.2) is 15.8 Å². The average molecular weight is 312 g/mol. The molecule has 2 rings (SSSR count). The molecule has 96 valence electrons. The standard InChI is InChI=1S/C13H15BrFN3/c1-9(2)16-8-11-5-6-18(17-11)13-4-3-10(15)7-12(13)14/h3-7,9,16H,8H2,1-2H3. The Morgan fingerprint density at radius 2 is 2.17 bits per heavy atom. The van der Waals surface area contributed by atoms with Crippen LogP contribution in [0.25, 0.3) is 5.69 Å². The first-order valence-electron chi connectivity index (χ1n) is 5.79. The molecular weight excluding hydrogens is 297 g/mol. The summed E-state index contributed by atoms with van der Waals surface area (Å²) in [5.74, 6) is -0.264. The van der Waals surface area contributed by atoms with Gasteiger partial charge in [-0.3, -0.25) is 0 Å². The van der Waals surface area contributed by atoms with Gasteiger partial charge in [-0.25, -0.2) is 9.07 Å². The Morgan fingerprint density at radius 3 is 2.83 bits per heavy atom. The van der Waals surface area contributed by atoms with E-state index in [-0.39, 0.29) is 5.82 Å².